The fraction of sp³-hybridized carbons (Fsp3) is 0.226. The molecule has 2 aromatic heterocycles. The van der Waals surface area contributed by atoms with Crippen LogP contribution in [0.15, 0.2) is 91.0 Å². The highest BCUT2D eigenvalue weighted by molar-refractivity contribution is 6.09. The number of hydrogen-bond donors (Lipinski definition) is 1. The average Bonchev–Trinajstić information content (AvgIpc) is 3.38. The zero-order chi connectivity index (χ0) is 22.9. The van der Waals surface area contributed by atoms with Crippen molar-refractivity contribution in [1.29, 1.82) is 0 Å². The van der Waals surface area contributed by atoms with E-state index in [0.717, 1.165) is 18.7 Å². The number of nitrogens with zero attached hydrogens (tertiary/aromatic N) is 2. The monoisotopic (exact) mass is 446 g/mol. The quantitative estimate of drug-likeness (QED) is 0.239. The van der Waals surface area contributed by atoms with Gasteiger partial charge in [-0.05, 0) is 48.7 Å². The molecule has 6 rings (SSSR count). The number of aromatic nitrogens is 2. The topological polar surface area (TPSA) is 30.1 Å². The van der Waals surface area contributed by atoms with Gasteiger partial charge in [0.25, 0.3) is 0 Å². The number of aryl methyl sites for hydroxylation is 2. The molecule has 0 aliphatic rings. The molecule has 34 heavy (non-hydrogen) atoms. The zero-order valence-corrected chi connectivity index (χ0v) is 19.5. The smallest absolute Gasteiger partial charge is 0.0682 e. The molecular formula is C31H30N2O. The van der Waals surface area contributed by atoms with Crippen LogP contribution in [0.3, 0.4) is 0 Å². The van der Waals surface area contributed by atoms with Gasteiger partial charge in [-0.3, -0.25) is 0 Å². The van der Waals surface area contributed by atoms with E-state index in [-0.39, 0.29) is 6.61 Å². The first-order valence-electron chi connectivity index (χ1n) is 12.4. The predicted octanol–water partition coefficient (Wildman–Crippen LogP) is 7.66. The molecule has 4 aromatic carbocycles. The summed E-state index contributed by atoms with van der Waals surface area (Å²) in [6.45, 7) is 2.17. The third kappa shape index (κ3) is 3.57. The van der Waals surface area contributed by atoms with Crippen LogP contribution in [0.1, 0.15) is 31.2 Å². The van der Waals surface area contributed by atoms with Gasteiger partial charge in [0.1, 0.15) is 0 Å². The molecule has 0 bridgehead atoms. The summed E-state index contributed by atoms with van der Waals surface area (Å²) >= 11 is 0. The van der Waals surface area contributed by atoms with Crippen molar-refractivity contribution in [2.75, 3.05) is 0 Å². The van der Waals surface area contributed by atoms with Gasteiger partial charge in [-0.2, -0.15) is 0 Å². The highest BCUT2D eigenvalue weighted by Crippen LogP contribution is 2.31. The lowest BCUT2D eigenvalue weighted by molar-refractivity contribution is 0.282. The van der Waals surface area contributed by atoms with Gasteiger partial charge in [-0.25, -0.2) is 0 Å². The molecule has 0 aliphatic carbocycles. The van der Waals surface area contributed by atoms with Crippen LogP contribution in [-0.4, -0.2) is 14.2 Å². The summed E-state index contributed by atoms with van der Waals surface area (Å²) in [5.74, 6) is 0. The predicted molar refractivity (Wildman–Crippen MR) is 143 cm³/mol. The molecule has 1 N–H and O–H groups in total. The molecule has 0 amide bonds. The molecule has 3 heteroatoms. The van der Waals surface area contributed by atoms with Crippen molar-refractivity contribution in [3.63, 3.8) is 0 Å². The number of unbranched alkanes of at least 4 members (excludes halogenated alkanes) is 3. The van der Waals surface area contributed by atoms with E-state index in [4.69, 9.17) is 0 Å². The maximum absolute atomic E-state index is 9.58. The molecule has 0 radical (unpaired) electrons. The third-order valence-electron chi connectivity index (χ3n) is 7.21. The number of fused-ring (bicyclic) bond motifs is 6. The van der Waals surface area contributed by atoms with Crippen LogP contribution in [0.4, 0.5) is 0 Å². The van der Waals surface area contributed by atoms with Gasteiger partial charge in [-0.1, -0.05) is 73.5 Å². The lowest BCUT2D eigenvalue weighted by Gasteiger charge is -2.09. The molecule has 0 saturated heterocycles. The Labute approximate surface area is 199 Å². The van der Waals surface area contributed by atoms with E-state index >= 15 is 0 Å². The van der Waals surface area contributed by atoms with E-state index < -0.39 is 0 Å². The van der Waals surface area contributed by atoms with Crippen molar-refractivity contribution in [2.24, 2.45) is 0 Å². The van der Waals surface area contributed by atoms with Crippen molar-refractivity contribution in [3.05, 3.63) is 96.6 Å². The van der Waals surface area contributed by atoms with Crippen LogP contribution in [0.2, 0.25) is 0 Å². The summed E-state index contributed by atoms with van der Waals surface area (Å²) in [6.07, 6.45) is 4.81. The van der Waals surface area contributed by atoms with Crippen molar-refractivity contribution in [1.82, 2.24) is 9.13 Å². The number of para-hydroxylation sites is 3. The fourth-order valence-corrected chi connectivity index (χ4v) is 5.58. The summed E-state index contributed by atoms with van der Waals surface area (Å²) in [7, 11) is 0. The standard InChI is InChI=1S/C31H30N2O/c34-22-23-17-18-31-27(21-23)26-13-5-8-16-30(26)33(31)20-10-2-1-9-19-32-28-14-6-3-11-24(28)25-12-4-7-15-29(25)32/h3-8,11-18,21,34H,1-2,9-10,19-20,22H2. The maximum atomic E-state index is 9.58. The molecule has 0 saturated carbocycles. The largest absolute Gasteiger partial charge is 0.392 e. The van der Waals surface area contributed by atoms with E-state index in [0.29, 0.717) is 0 Å². The highest BCUT2D eigenvalue weighted by Gasteiger charge is 2.11. The molecule has 3 nitrogen and oxygen atoms in total. The first-order chi connectivity index (χ1) is 16.8. The minimum Gasteiger partial charge on any atom is -0.392 e. The van der Waals surface area contributed by atoms with Crippen LogP contribution in [0.25, 0.3) is 43.6 Å². The lowest BCUT2D eigenvalue weighted by atomic mass is 10.1. The second-order valence-electron chi connectivity index (χ2n) is 9.28. The van der Waals surface area contributed by atoms with E-state index in [1.807, 2.05) is 6.07 Å². The van der Waals surface area contributed by atoms with Crippen molar-refractivity contribution < 1.29 is 5.11 Å². The molecule has 2 heterocycles. The minimum absolute atomic E-state index is 0.0847. The summed E-state index contributed by atoms with van der Waals surface area (Å²) < 4.78 is 4.95. The van der Waals surface area contributed by atoms with Crippen LogP contribution in [0, 0.1) is 0 Å². The summed E-state index contributed by atoms with van der Waals surface area (Å²) in [4.78, 5) is 0. The Hall–Kier alpha value is -3.56. The summed E-state index contributed by atoms with van der Waals surface area (Å²) in [5.41, 5.74) is 6.22. The second kappa shape index (κ2) is 9.00. The first-order valence-corrected chi connectivity index (χ1v) is 12.4. The Kier molecular flexibility index (Phi) is 5.56. The second-order valence-corrected chi connectivity index (χ2v) is 9.28. The molecule has 0 aliphatic heterocycles. The minimum atomic E-state index is 0.0847. The van der Waals surface area contributed by atoms with E-state index in [1.54, 1.807) is 0 Å². The average molecular weight is 447 g/mol. The van der Waals surface area contributed by atoms with Gasteiger partial charge in [0.05, 0.1) is 6.61 Å². The third-order valence-corrected chi connectivity index (χ3v) is 7.21. The van der Waals surface area contributed by atoms with Gasteiger partial charge < -0.3 is 14.2 Å². The number of aliphatic hydroxyl groups excluding tert-OH is 1. The number of rotatable bonds is 8. The number of aliphatic hydroxyl groups is 1. The Morgan fingerprint density at radius 2 is 0.912 bits per heavy atom. The normalized spacial score (nSPS) is 11.9. The molecule has 0 atom stereocenters. The Morgan fingerprint density at radius 3 is 1.41 bits per heavy atom. The van der Waals surface area contributed by atoms with E-state index in [9.17, 15) is 5.11 Å². The van der Waals surface area contributed by atoms with Crippen LogP contribution in [-0.2, 0) is 19.7 Å². The molecule has 170 valence electrons. The molecular weight excluding hydrogens is 416 g/mol. The molecule has 0 spiro atoms. The van der Waals surface area contributed by atoms with Crippen LogP contribution >= 0.6 is 0 Å². The van der Waals surface area contributed by atoms with Gasteiger partial charge in [0.15, 0.2) is 0 Å². The maximum Gasteiger partial charge on any atom is 0.0682 e. The zero-order valence-electron chi connectivity index (χ0n) is 19.5. The Balaban J connectivity index is 1.14. The van der Waals surface area contributed by atoms with E-state index in [1.165, 1.54) is 69.3 Å². The van der Waals surface area contributed by atoms with Gasteiger partial charge in [0, 0.05) is 56.7 Å². The van der Waals surface area contributed by atoms with Gasteiger partial charge >= 0.3 is 0 Å². The van der Waals surface area contributed by atoms with E-state index in [2.05, 4.69) is 94.1 Å². The van der Waals surface area contributed by atoms with Gasteiger partial charge in [-0.15, -0.1) is 0 Å². The first kappa shape index (κ1) is 21.0. The number of benzene rings is 4. The Morgan fingerprint density at radius 1 is 0.471 bits per heavy atom. The van der Waals surface area contributed by atoms with Crippen LogP contribution < -0.4 is 0 Å². The molecule has 0 unspecified atom stereocenters. The summed E-state index contributed by atoms with van der Waals surface area (Å²) in [5, 5.41) is 14.8. The highest BCUT2D eigenvalue weighted by atomic mass is 16.3. The molecule has 0 fully saturated rings. The van der Waals surface area contributed by atoms with Crippen LogP contribution in [0.5, 0.6) is 0 Å². The van der Waals surface area contributed by atoms with Gasteiger partial charge in [0.2, 0.25) is 0 Å². The van der Waals surface area contributed by atoms with Crippen molar-refractivity contribution in [2.45, 2.75) is 45.4 Å². The molecule has 6 aromatic rings. The lowest BCUT2D eigenvalue weighted by Crippen LogP contribution is -2.00. The SMILES string of the molecule is OCc1ccc2c(c1)c1ccccc1n2CCCCCCn1c2ccccc2c2ccccc21. The van der Waals surface area contributed by atoms with Crippen molar-refractivity contribution >= 4 is 43.6 Å². The Bertz CT molecular complexity index is 1550. The summed E-state index contributed by atoms with van der Waals surface area (Å²) in [6, 6.07) is 32.5. The van der Waals surface area contributed by atoms with Crippen molar-refractivity contribution in [3.8, 4) is 0 Å². The number of hydrogen-bond acceptors (Lipinski definition) is 1. The fourth-order valence-electron chi connectivity index (χ4n) is 5.58.